The SMILES string of the molecule is COc1ccc2[nH]cc(CCNC(=O)c3nc(Cc4c[nH]c5ccccc45)no3)c2c1. The fourth-order valence-corrected chi connectivity index (χ4v) is 3.74. The van der Waals surface area contributed by atoms with E-state index < -0.39 is 0 Å². The second kappa shape index (κ2) is 7.98. The highest BCUT2D eigenvalue weighted by atomic mass is 16.5. The highest BCUT2D eigenvalue weighted by Gasteiger charge is 2.16. The topological polar surface area (TPSA) is 109 Å². The second-order valence-corrected chi connectivity index (χ2v) is 7.28. The largest absolute Gasteiger partial charge is 0.497 e. The average Bonchev–Trinajstić information content (AvgIpc) is 3.53. The fourth-order valence-electron chi connectivity index (χ4n) is 3.74. The van der Waals surface area contributed by atoms with Crippen molar-refractivity contribution >= 4 is 27.7 Å². The molecule has 3 aromatic heterocycles. The number of methoxy groups -OCH3 is 1. The van der Waals surface area contributed by atoms with E-state index in [9.17, 15) is 4.79 Å². The first kappa shape index (κ1) is 18.9. The maximum absolute atomic E-state index is 12.4. The number of amides is 1. The second-order valence-electron chi connectivity index (χ2n) is 7.28. The van der Waals surface area contributed by atoms with E-state index in [4.69, 9.17) is 9.26 Å². The van der Waals surface area contributed by atoms with Crippen LogP contribution in [-0.2, 0) is 12.8 Å². The minimum atomic E-state index is -0.380. The summed E-state index contributed by atoms with van der Waals surface area (Å²) in [6.07, 6.45) is 5.02. The minimum absolute atomic E-state index is 0.0320. The Morgan fingerprint density at radius 1 is 1.06 bits per heavy atom. The standard InChI is InChI=1S/C23H21N5O3/c1-30-16-6-7-20-18(11-16)14(12-25-20)8-9-24-22(29)23-27-21(28-31-23)10-15-13-26-19-5-3-2-4-17(15)19/h2-7,11-13,25-26H,8-10H2,1H3,(H,24,29). The van der Waals surface area contributed by atoms with Gasteiger partial charge < -0.3 is 24.5 Å². The summed E-state index contributed by atoms with van der Waals surface area (Å²) in [5.41, 5.74) is 4.23. The Kier molecular flexibility index (Phi) is 4.87. The third-order valence-electron chi connectivity index (χ3n) is 5.34. The Balaban J connectivity index is 1.21. The van der Waals surface area contributed by atoms with Crippen molar-refractivity contribution in [2.24, 2.45) is 0 Å². The van der Waals surface area contributed by atoms with Crippen LogP contribution in [0.1, 0.15) is 27.6 Å². The number of nitrogens with zero attached hydrogens (tertiary/aromatic N) is 2. The van der Waals surface area contributed by atoms with Crippen molar-refractivity contribution in [1.82, 2.24) is 25.4 Å². The molecule has 0 aliphatic heterocycles. The van der Waals surface area contributed by atoms with E-state index in [0.29, 0.717) is 25.2 Å². The van der Waals surface area contributed by atoms with Gasteiger partial charge >= 0.3 is 11.8 Å². The predicted molar refractivity (Wildman–Crippen MR) is 116 cm³/mol. The molecule has 0 fully saturated rings. The molecule has 0 spiro atoms. The summed E-state index contributed by atoms with van der Waals surface area (Å²) in [6, 6.07) is 13.9. The van der Waals surface area contributed by atoms with Gasteiger partial charge in [-0.3, -0.25) is 4.79 Å². The number of carbonyl (C=O) groups excluding carboxylic acids is 1. The van der Waals surface area contributed by atoms with Gasteiger partial charge in [-0.15, -0.1) is 0 Å². The van der Waals surface area contributed by atoms with Crippen molar-refractivity contribution in [3.63, 3.8) is 0 Å². The maximum atomic E-state index is 12.4. The number of H-pyrrole nitrogens is 2. The van der Waals surface area contributed by atoms with Crippen LogP contribution in [0.3, 0.4) is 0 Å². The quantitative estimate of drug-likeness (QED) is 0.376. The van der Waals surface area contributed by atoms with Gasteiger partial charge in [0.25, 0.3) is 0 Å². The van der Waals surface area contributed by atoms with E-state index in [1.54, 1.807) is 7.11 Å². The number of aromatic nitrogens is 4. The van der Waals surface area contributed by atoms with Gasteiger partial charge in [-0.05, 0) is 41.8 Å². The van der Waals surface area contributed by atoms with Crippen LogP contribution in [0.4, 0.5) is 0 Å². The molecule has 0 radical (unpaired) electrons. The zero-order valence-electron chi connectivity index (χ0n) is 16.9. The van der Waals surface area contributed by atoms with Crippen LogP contribution in [0.5, 0.6) is 5.75 Å². The van der Waals surface area contributed by atoms with Gasteiger partial charge in [0, 0.05) is 47.2 Å². The van der Waals surface area contributed by atoms with Crippen molar-refractivity contribution in [2.75, 3.05) is 13.7 Å². The molecule has 3 heterocycles. The molecule has 0 atom stereocenters. The molecular weight excluding hydrogens is 394 g/mol. The molecule has 0 aliphatic carbocycles. The number of nitrogens with one attached hydrogen (secondary N) is 3. The molecule has 156 valence electrons. The Morgan fingerprint density at radius 3 is 2.74 bits per heavy atom. The van der Waals surface area contributed by atoms with Crippen LogP contribution in [0.2, 0.25) is 0 Å². The third-order valence-corrected chi connectivity index (χ3v) is 5.34. The predicted octanol–water partition coefficient (Wildman–Crippen LogP) is 3.60. The van der Waals surface area contributed by atoms with Gasteiger partial charge in [0.05, 0.1) is 7.11 Å². The first-order valence-corrected chi connectivity index (χ1v) is 10.0. The molecule has 0 saturated carbocycles. The lowest BCUT2D eigenvalue weighted by molar-refractivity contribution is 0.0910. The molecule has 3 N–H and O–H groups in total. The van der Waals surface area contributed by atoms with E-state index in [0.717, 1.165) is 38.7 Å². The summed E-state index contributed by atoms with van der Waals surface area (Å²) in [7, 11) is 1.64. The number of aromatic amines is 2. The van der Waals surface area contributed by atoms with Gasteiger partial charge in [0.2, 0.25) is 0 Å². The van der Waals surface area contributed by atoms with E-state index in [1.165, 1.54) is 0 Å². The summed E-state index contributed by atoms with van der Waals surface area (Å²) in [5, 5.41) is 8.98. The van der Waals surface area contributed by atoms with Crippen molar-refractivity contribution < 1.29 is 14.1 Å². The molecule has 8 heteroatoms. The lowest BCUT2D eigenvalue weighted by Crippen LogP contribution is -2.26. The van der Waals surface area contributed by atoms with E-state index in [2.05, 4.69) is 25.4 Å². The number of hydrogen-bond donors (Lipinski definition) is 3. The van der Waals surface area contributed by atoms with Crippen molar-refractivity contribution in [3.05, 3.63) is 77.7 Å². The van der Waals surface area contributed by atoms with Gasteiger partial charge in [0.15, 0.2) is 5.82 Å². The Hall–Kier alpha value is -4.07. The van der Waals surface area contributed by atoms with Crippen molar-refractivity contribution in [1.29, 1.82) is 0 Å². The number of carbonyl (C=O) groups is 1. The van der Waals surface area contributed by atoms with E-state index >= 15 is 0 Å². The van der Waals surface area contributed by atoms with Gasteiger partial charge in [-0.25, -0.2) is 0 Å². The molecule has 0 aliphatic rings. The number of hydrogen-bond acceptors (Lipinski definition) is 5. The molecule has 1 amide bonds. The molecule has 31 heavy (non-hydrogen) atoms. The Labute approximate surface area is 177 Å². The van der Waals surface area contributed by atoms with Crippen molar-refractivity contribution in [2.45, 2.75) is 12.8 Å². The molecule has 0 saturated heterocycles. The van der Waals surface area contributed by atoms with E-state index in [-0.39, 0.29) is 11.8 Å². The Bertz CT molecular complexity index is 1360. The van der Waals surface area contributed by atoms with Crippen LogP contribution in [-0.4, -0.2) is 39.7 Å². The molecule has 2 aromatic carbocycles. The summed E-state index contributed by atoms with van der Waals surface area (Å²) in [4.78, 5) is 23.1. The summed E-state index contributed by atoms with van der Waals surface area (Å²) in [5.74, 6) is 0.857. The van der Waals surface area contributed by atoms with Crippen LogP contribution in [0.25, 0.3) is 21.8 Å². The number of ether oxygens (including phenoxy) is 1. The zero-order valence-corrected chi connectivity index (χ0v) is 16.9. The minimum Gasteiger partial charge on any atom is -0.497 e. The van der Waals surface area contributed by atoms with Gasteiger partial charge in [-0.2, -0.15) is 4.98 Å². The first-order chi connectivity index (χ1) is 15.2. The number of fused-ring (bicyclic) bond motifs is 2. The maximum Gasteiger partial charge on any atom is 0.315 e. The van der Waals surface area contributed by atoms with E-state index in [1.807, 2.05) is 54.9 Å². The molecular formula is C23H21N5O3. The highest BCUT2D eigenvalue weighted by molar-refractivity contribution is 5.89. The van der Waals surface area contributed by atoms with Crippen LogP contribution in [0.15, 0.2) is 59.4 Å². The van der Waals surface area contributed by atoms with Crippen LogP contribution in [0, 0.1) is 0 Å². The molecule has 5 rings (SSSR count). The normalized spacial score (nSPS) is 11.3. The summed E-state index contributed by atoms with van der Waals surface area (Å²) in [6.45, 7) is 0.448. The van der Waals surface area contributed by atoms with Crippen molar-refractivity contribution in [3.8, 4) is 5.75 Å². The third kappa shape index (κ3) is 3.75. The smallest absolute Gasteiger partial charge is 0.315 e. The number of para-hydroxylation sites is 1. The molecule has 8 nitrogen and oxygen atoms in total. The fraction of sp³-hybridized carbons (Fsp3) is 0.174. The lowest BCUT2D eigenvalue weighted by Gasteiger charge is -2.03. The van der Waals surface area contributed by atoms with Gasteiger partial charge in [0.1, 0.15) is 5.75 Å². The lowest BCUT2D eigenvalue weighted by atomic mass is 10.1. The average molecular weight is 415 g/mol. The number of rotatable bonds is 7. The van der Waals surface area contributed by atoms with Gasteiger partial charge in [-0.1, -0.05) is 23.4 Å². The van der Waals surface area contributed by atoms with Crippen LogP contribution < -0.4 is 10.1 Å². The highest BCUT2D eigenvalue weighted by Crippen LogP contribution is 2.24. The molecule has 5 aromatic rings. The molecule has 0 unspecified atom stereocenters. The zero-order chi connectivity index (χ0) is 21.2. The summed E-state index contributed by atoms with van der Waals surface area (Å²) >= 11 is 0. The number of benzene rings is 2. The Morgan fingerprint density at radius 2 is 1.87 bits per heavy atom. The monoisotopic (exact) mass is 415 g/mol. The summed E-state index contributed by atoms with van der Waals surface area (Å²) < 4.78 is 10.5. The molecule has 0 bridgehead atoms. The van der Waals surface area contributed by atoms with Crippen LogP contribution >= 0.6 is 0 Å². The first-order valence-electron chi connectivity index (χ1n) is 10.0.